The molecule has 102 valence electrons. The van der Waals surface area contributed by atoms with Crippen LogP contribution in [0.4, 0.5) is 0 Å². The SMILES string of the molecule is COc1ccccc1OCc1cc2c(C)cccc2o1. The first-order chi connectivity index (χ1) is 9.78. The molecule has 0 aliphatic rings. The van der Waals surface area contributed by atoms with Crippen molar-refractivity contribution in [2.75, 3.05) is 7.11 Å². The number of methoxy groups -OCH3 is 1. The fourth-order valence-corrected chi connectivity index (χ4v) is 2.22. The molecule has 3 rings (SSSR count). The summed E-state index contributed by atoms with van der Waals surface area (Å²) in [6, 6.07) is 15.6. The van der Waals surface area contributed by atoms with Gasteiger partial charge in [0.15, 0.2) is 11.5 Å². The molecule has 0 fully saturated rings. The molecule has 0 spiro atoms. The van der Waals surface area contributed by atoms with Crippen molar-refractivity contribution in [3.05, 3.63) is 59.9 Å². The minimum absolute atomic E-state index is 0.383. The van der Waals surface area contributed by atoms with Gasteiger partial charge in [-0.1, -0.05) is 24.3 Å². The molecule has 0 aliphatic carbocycles. The summed E-state index contributed by atoms with van der Waals surface area (Å²) >= 11 is 0. The van der Waals surface area contributed by atoms with E-state index in [-0.39, 0.29) is 0 Å². The van der Waals surface area contributed by atoms with Gasteiger partial charge >= 0.3 is 0 Å². The normalized spacial score (nSPS) is 10.7. The van der Waals surface area contributed by atoms with Gasteiger partial charge in [-0.3, -0.25) is 0 Å². The zero-order valence-electron chi connectivity index (χ0n) is 11.6. The maximum Gasteiger partial charge on any atom is 0.161 e. The highest BCUT2D eigenvalue weighted by molar-refractivity contribution is 5.81. The zero-order chi connectivity index (χ0) is 13.9. The monoisotopic (exact) mass is 268 g/mol. The molecule has 0 amide bonds. The lowest BCUT2D eigenvalue weighted by molar-refractivity contribution is 0.259. The number of furan rings is 1. The van der Waals surface area contributed by atoms with E-state index in [1.54, 1.807) is 7.11 Å². The summed E-state index contributed by atoms with van der Waals surface area (Å²) in [5.74, 6) is 2.24. The van der Waals surface area contributed by atoms with Crippen LogP contribution in [0.2, 0.25) is 0 Å². The molecule has 1 heterocycles. The largest absolute Gasteiger partial charge is 0.493 e. The Kier molecular flexibility index (Phi) is 3.33. The molecule has 0 atom stereocenters. The Hall–Kier alpha value is -2.42. The van der Waals surface area contributed by atoms with Crippen LogP contribution >= 0.6 is 0 Å². The molecule has 0 saturated heterocycles. The summed E-state index contributed by atoms with van der Waals surface area (Å²) in [6.45, 7) is 2.46. The van der Waals surface area contributed by atoms with Crippen molar-refractivity contribution in [1.82, 2.24) is 0 Å². The molecule has 3 nitrogen and oxygen atoms in total. The van der Waals surface area contributed by atoms with Crippen molar-refractivity contribution >= 4 is 11.0 Å². The smallest absolute Gasteiger partial charge is 0.161 e. The summed E-state index contributed by atoms with van der Waals surface area (Å²) < 4.78 is 16.8. The lowest BCUT2D eigenvalue weighted by Crippen LogP contribution is -1.96. The standard InChI is InChI=1S/C17H16O3/c1-12-6-5-9-15-14(12)10-13(20-15)11-19-17-8-4-3-7-16(17)18-2/h3-10H,11H2,1-2H3. The molecule has 0 saturated carbocycles. The second kappa shape index (κ2) is 5.29. The topological polar surface area (TPSA) is 31.6 Å². The van der Waals surface area contributed by atoms with Crippen LogP contribution < -0.4 is 9.47 Å². The van der Waals surface area contributed by atoms with Crippen LogP contribution in [0.5, 0.6) is 11.5 Å². The first-order valence-corrected chi connectivity index (χ1v) is 6.52. The van der Waals surface area contributed by atoms with Gasteiger partial charge in [-0.25, -0.2) is 0 Å². The molecule has 0 unspecified atom stereocenters. The van der Waals surface area contributed by atoms with Gasteiger partial charge in [0.1, 0.15) is 18.0 Å². The van der Waals surface area contributed by atoms with Crippen LogP contribution in [0.3, 0.4) is 0 Å². The average Bonchev–Trinajstić information content (AvgIpc) is 2.90. The molecule has 0 N–H and O–H groups in total. The number of hydrogen-bond acceptors (Lipinski definition) is 3. The quantitative estimate of drug-likeness (QED) is 0.705. The summed E-state index contributed by atoms with van der Waals surface area (Å²) in [4.78, 5) is 0. The van der Waals surface area contributed by atoms with Crippen LogP contribution in [-0.4, -0.2) is 7.11 Å². The minimum atomic E-state index is 0.383. The Morgan fingerprint density at radius 3 is 2.55 bits per heavy atom. The van der Waals surface area contributed by atoms with Crippen LogP contribution in [0.15, 0.2) is 52.9 Å². The third-order valence-electron chi connectivity index (χ3n) is 3.27. The molecule has 0 bridgehead atoms. The second-order valence-corrected chi connectivity index (χ2v) is 4.64. The fraction of sp³-hybridized carbons (Fsp3) is 0.176. The zero-order valence-corrected chi connectivity index (χ0v) is 11.6. The Morgan fingerprint density at radius 2 is 1.80 bits per heavy atom. The van der Waals surface area contributed by atoms with E-state index in [4.69, 9.17) is 13.9 Å². The number of hydrogen-bond donors (Lipinski definition) is 0. The Morgan fingerprint density at radius 1 is 1.00 bits per heavy atom. The van der Waals surface area contributed by atoms with Gasteiger partial charge in [-0.05, 0) is 36.8 Å². The summed E-state index contributed by atoms with van der Waals surface area (Å²) in [5.41, 5.74) is 2.10. The fourth-order valence-electron chi connectivity index (χ4n) is 2.22. The molecule has 0 radical (unpaired) electrons. The van der Waals surface area contributed by atoms with E-state index in [1.165, 1.54) is 5.56 Å². The third-order valence-corrected chi connectivity index (χ3v) is 3.27. The van der Waals surface area contributed by atoms with Crippen molar-refractivity contribution in [1.29, 1.82) is 0 Å². The van der Waals surface area contributed by atoms with Crippen LogP contribution in [0.1, 0.15) is 11.3 Å². The van der Waals surface area contributed by atoms with Gasteiger partial charge in [0, 0.05) is 5.39 Å². The predicted molar refractivity (Wildman–Crippen MR) is 78.3 cm³/mol. The third kappa shape index (κ3) is 2.35. The van der Waals surface area contributed by atoms with E-state index in [2.05, 4.69) is 13.0 Å². The van der Waals surface area contributed by atoms with Crippen molar-refractivity contribution in [3.63, 3.8) is 0 Å². The number of aryl methyl sites for hydroxylation is 1. The van der Waals surface area contributed by atoms with E-state index in [0.29, 0.717) is 12.4 Å². The highest BCUT2D eigenvalue weighted by Gasteiger charge is 2.08. The lowest BCUT2D eigenvalue weighted by atomic mass is 10.1. The van der Waals surface area contributed by atoms with E-state index in [9.17, 15) is 0 Å². The Balaban J connectivity index is 1.82. The summed E-state index contributed by atoms with van der Waals surface area (Å²) in [6.07, 6.45) is 0. The highest BCUT2D eigenvalue weighted by atomic mass is 16.5. The maximum atomic E-state index is 5.78. The van der Waals surface area contributed by atoms with Crippen LogP contribution in [-0.2, 0) is 6.61 Å². The summed E-state index contributed by atoms with van der Waals surface area (Å²) in [7, 11) is 1.63. The average molecular weight is 268 g/mol. The molecule has 2 aromatic carbocycles. The first kappa shape index (κ1) is 12.6. The van der Waals surface area contributed by atoms with Gasteiger partial charge < -0.3 is 13.9 Å². The first-order valence-electron chi connectivity index (χ1n) is 6.52. The van der Waals surface area contributed by atoms with Gasteiger partial charge in [-0.2, -0.15) is 0 Å². The van der Waals surface area contributed by atoms with E-state index >= 15 is 0 Å². The van der Waals surface area contributed by atoms with Crippen LogP contribution in [0, 0.1) is 6.92 Å². The Bertz CT molecular complexity index is 728. The molecule has 1 aromatic heterocycles. The van der Waals surface area contributed by atoms with Gasteiger partial charge in [-0.15, -0.1) is 0 Å². The van der Waals surface area contributed by atoms with Crippen molar-refractivity contribution < 1.29 is 13.9 Å². The predicted octanol–water partition coefficient (Wildman–Crippen LogP) is 4.33. The number of benzene rings is 2. The van der Waals surface area contributed by atoms with Crippen molar-refractivity contribution in [2.45, 2.75) is 13.5 Å². The van der Waals surface area contributed by atoms with Crippen LogP contribution in [0.25, 0.3) is 11.0 Å². The van der Waals surface area contributed by atoms with Gasteiger partial charge in [0.2, 0.25) is 0 Å². The van der Waals surface area contributed by atoms with E-state index in [1.807, 2.05) is 42.5 Å². The molecular weight excluding hydrogens is 252 g/mol. The molecule has 3 heteroatoms. The summed E-state index contributed by atoms with van der Waals surface area (Å²) in [5, 5.41) is 1.13. The lowest BCUT2D eigenvalue weighted by Gasteiger charge is -2.08. The number of fused-ring (bicyclic) bond motifs is 1. The molecular formula is C17H16O3. The highest BCUT2D eigenvalue weighted by Crippen LogP contribution is 2.28. The van der Waals surface area contributed by atoms with Crippen molar-refractivity contribution in [2.24, 2.45) is 0 Å². The number of para-hydroxylation sites is 2. The molecule has 0 aliphatic heterocycles. The van der Waals surface area contributed by atoms with E-state index in [0.717, 1.165) is 22.5 Å². The van der Waals surface area contributed by atoms with Crippen molar-refractivity contribution in [3.8, 4) is 11.5 Å². The second-order valence-electron chi connectivity index (χ2n) is 4.64. The van der Waals surface area contributed by atoms with Gasteiger partial charge in [0.05, 0.1) is 7.11 Å². The molecule has 20 heavy (non-hydrogen) atoms. The van der Waals surface area contributed by atoms with E-state index < -0.39 is 0 Å². The molecule has 3 aromatic rings. The maximum absolute atomic E-state index is 5.78. The number of rotatable bonds is 4. The van der Waals surface area contributed by atoms with Gasteiger partial charge in [0.25, 0.3) is 0 Å². The number of ether oxygens (including phenoxy) is 2. The Labute approximate surface area is 117 Å². The minimum Gasteiger partial charge on any atom is -0.493 e.